The summed E-state index contributed by atoms with van der Waals surface area (Å²) in [5, 5.41) is 3.50. The van der Waals surface area contributed by atoms with E-state index in [4.69, 9.17) is 15.2 Å². The van der Waals surface area contributed by atoms with Crippen LogP contribution in [-0.2, 0) is 0 Å². The molecule has 0 radical (unpaired) electrons. The van der Waals surface area contributed by atoms with E-state index < -0.39 is 0 Å². The van der Waals surface area contributed by atoms with Gasteiger partial charge in [0.1, 0.15) is 11.5 Å². The van der Waals surface area contributed by atoms with Crippen molar-refractivity contribution in [2.75, 3.05) is 24.8 Å². The predicted molar refractivity (Wildman–Crippen MR) is 80.3 cm³/mol. The molecule has 3 rings (SSSR count). The van der Waals surface area contributed by atoms with E-state index in [0.717, 1.165) is 29.3 Å². The largest absolute Gasteiger partial charge is 0.497 e. The quantitative estimate of drug-likeness (QED) is 0.841. The van der Waals surface area contributed by atoms with Gasteiger partial charge in [0.25, 0.3) is 0 Å². The number of hydrogen-bond donors (Lipinski definition) is 2. The molecular formula is C16H18N2O2. The van der Waals surface area contributed by atoms with Crippen LogP contribution in [0.5, 0.6) is 11.5 Å². The highest BCUT2D eigenvalue weighted by Gasteiger charge is 2.21. The fourth-order valence-electron chi connectivity index (χ4n) is 2.47. The lowest BCUT2D eigenvalue weighted by Gasteiger charge is -2.28. The Labute approximate surface area is 118 Å². The molecule has 0 bridgehead atoms. The number of rotatable bonds is 3. The van der Waals surface area contributed by atoms with Gasteiger partial charge in [-0.1, -0.05) is 18.2 Å². The minimum absolute atomic E-state index is 0.203. The summed E-state index contributed by atoms with van der Waals surface area (Å²) in [4.78, 5) is 0. The average Bonchev–Trinajstić information content (AvgIpc) is 2.50. The topological polar surface area (TPSA) is 56.5 Å². The second-order valence-corrected chi connectivity index (χ2v) is 4.83. The molecule has 1 atom stereocenters. The number of benzene rings is 2. The minimum Gasteiger partial charge on any atom is -0.497 e. The predicted octanol–water partition coefficient (Wildman–Crippen LogP) is 3.21. The van der Waals surface area contributed by atoms with Crippen LogP contribution in [-0.4, -0.2) is 13.7 Å². The first kappa shape index (κ1) is 12.7. The van der Waals surface area contributed by atoms with Gasteiger partial charge in [-0.2, -0.15) is 0 Å². The van der Waals surface area contributed by atoms with Crippen molar-refractivity contribution >= 4 is 11.4 Å². The maximum Gasteiger partial charge on any atom is 0.124 e. The number of nitrogen functional groups attached to an aromatic ring is 1. The van der Waals surface area contributed by atoms with Crippen molar-refractivity contribution in [2.45, 2.75) is 12.5 Å². The van der Waals surface area contributed by atoms with Crippen molar-refractivity contribution in [1.29, 1.82) is 0 Å². The number of fused-ring (bicyclic) bond motifs is 1. The molecule has 0 saturated heterocycles. The second-order valence-electron chi connectivity index (χ2n) is 4.83. The molecule has 20 heavy (non-hydrogen) atoms. The van der Waals surface area contributed by atoms with Crippen molar-refractivity contribution in [3.8, 4) is 11.5 Å². The van der Waals surface area contributed by atoms with Crippen molar-refractivity contribution in [1.82, 2.24) is 0 Å². The Morgan fingerprint density at radius 1 is 1.25 bits per heavy atom. The highest BCUT2D eigenvalue weighted by Crippen LogP contribution is 2.36. The maximum absolute atomic E-state index is 6.03. The van der Waals surface area contributed by atoms with Gasteiger partial charge in [-0.3, -0.25) is 0 Å². The highest BCUT2D eigenvalue weighted by atomic mass is 16.5. The first-order valence-electron chi connectivity index (χ1n) is 6.69. The van der Waals surface area contributed by atoms with Crippen molar-refractivity contribution in [2.24, 2.45) is 0 Å². The minimum atomic E-state index is 0.203. The van der Waals surface area contributed by atoms with Crippen LogP contribution in [0, 0.1) is 0 Å². The lowest BCUT2D eigenvalue weighted by atomic mass is 10.00. The number of anilines is 2. The lowest BCUT2D eigenvalue weighted by molar-refractivity contribution is 0.274. The van der Waals surface area contributed by atoms with Gasteiger partial charge >= 0.3 is 0 Å². The third kappa shape index (κ3) is 2.37. The summed E-state index contributed by atoms with van der Waals surface area (Å²) in [6, 6.07) is 13.9. The number of methoxy groups -OCH3 is 1. The van der Waals surface area contributed by atoms with Gasteiger partial charge in [-0.05, 0) is 18.2 Å². The molecule has 4 heteroatoms. The Kier molecular flexibility index (Phi) is 3.37. The lowest BCUT2D eigenvalue weighted by Crippen LogP contribution is -2.20. The van der Waals surface area contributed by atoms with Crippen LogP contribution in [0.15, 0.2) is 42.5 Å². The van der Waals surface area contributed by atoms with E-state index in [2.05, 4.69) is 11.4 Å². The number of nitrogens with one attached hydrogen (secondary N) is 1. The van der Waals surface area contributed by atoms with Crippen LogP contribution in [0.2, 0.25) is 0 Å². The zero-order valence-corrected chi connectivity index (χ0v) is 11.4. The molecule has 0 spiro atoms. The van der Waals surface area contributed by atoms with Crippen LogP contribution in [0.1, 0.15) is 18.0 Å². The average molecular weight is 270 g/mol. The van der Waals surface area contributed by atoms with Crippen LogP contribution in [0.25, 0.3) is 0 Å². The molecule has 0 amide bonds. The van der Waals surface area contributed by atoms with E-state index in [-0.39, 0.29) is 6.04 Å². The Morgan fingerprint density at radius 2 is 2.10 bits per heavy atom. The van der Waals surface area contributed by atoms with Crippen molar-refractivity contribution in [3.05, 3.63) is 48.0 Å². The van der Waals surface area contributed by atoms with Gasteiger partial charge in [-0.15, -0.1) is 0 Å². The molecule has 2 aromatic rings. The Balaban J connectivity index is 1.89. The number of nitrogens with two attached hydrogens (primary N) is 1. The monoisotopic (exact) mass is 270 g/mol. The maximum atomic E-state index is 6.03. The van der Waals surface area contributed by atoms with Crippen LogP contribution < -0.4 is 20.5 Å². The first-order chi connectivity index (χ1) is 9.78. The van der Waals surface area contributed by atoms with Crippen LogP contribution in [0.4, 0.5) is 11.4 Å². The van der Waals surface area contributed by atoms with Gasteiger partial charge in [0.2, 0.25) is 0 Å². The van der Waals surface area contributed by atoms with E-state index in [9.17, 15) is 0 Å². The third-order valence-electron chi connectivity index (χ3n) is 3.55. The molecule has 1 aliphatic rings. The Bertz CT molecular complexity index is 613. The van der Waals surface area contributed by atoms with E-state index in [1.807, 2.05) is 36.4 Å². The van der Waals surface area contributed by atoms with E-state index in [0.29, 0.717) is 6.61 Å². The van der Waals surface area contributed by atoms with Gasteiger partial charge in [-0.25, -0.2) is 0 Å². The SMILES string of the molecule is COc1ccc(N)c(NC2CCOc3ccccc32)c1. The van der Waals surface area contributed by atoms with Gasteiger partial charge in [0, 0.05) is 18.1 Å². The smallest absolute Gasteiger partial charge is 0.124 e. The molecule has 1 unspecified atom stereocenters. The summed E-state index contributed by atoms with van der Waals surface area (Å²) in [5.41, 5.74) is 8.81. The molecule has 0 fully saturated rings. The molecule has 104 valence electrons. The zero-order chi connectivity index (χ0) is 13.9. The summed E-state index contributed by atoms with van der Waals surface area (Å²) in [6.07, 6.45) is 0.910. The molecule has 0 saturated carbocycles. The fraction of sp³-hybridized carbons (Fsp3) is 0.250. The van der Waals surface area contributed by atoms with Gasteiger partial charge in [0.15, 0.2) is 0 Å². The van der Waals surface area contributed by atoms with E-state index >= 15 is 0 Å². The summed E-state index contributed by atoms with van der Waals surface area (Å²) in [5.74, 6) is 1.74. The fourth-order valence-corrected chi connectivity index (χ4v) is 2.47. The summed E-state index contributed by atoms with van der Waals surface area (Å²) in [7, 11) is 1.65. The molecule has 3 N–H and O–H groups in total. The number of para-hydroxylation sites is 1. The van der Waals surface area contributed by atoms with Crippen molar-refractivity contribution < 1.29 is 9.47 Å². The third-order valence-corrected chi connectivity index (χ3v) is 3.55. The Hall–Kier alpha value is -2.36. The first-order valence-corrected chi connectivity index (χ1v) is 6.69. The van der Waals surface area contributed by atoms with Crippen LogP contribution in [0.3, 0.4) is 0 Å². The van der Waals surface area contributed by atoms with Crippen molar-refractivity contribution in [3.63, 3.8) is 0 Å². The summed E-state index contributed by atoms with van der Waals surface area (Å²) in [6.45, 7) is 0.707. The zero-order valence-electron chi connectivity index (χ0n) is 11.4. The molecule has 4 nitrogen and oxygen atoms in total. The molecule has 1 heterocycles. The second kappa shape index (κ2) is 5.33. The number of ether oxygens (including phenoxy) is 2. The molecule has 0 aromatic heterocycles. The summed E-state index contributed by atoms with van der Waals surface area (Å²) >= 11 is 0. The highest BCUT2D eigenvalue weighted by molar-refractivity contribution is 5.69. The van der Waals surface area contributed by atoms with Crippen LogP contribution >= 0.6 is 0 Å². The molecular weight excluding hydrogens is 252 g/mol. The normalized spacial score (nSPS) is 16.9. The van der Waals surface area contributed by atoms with E-state index in [1.54, 1.807) is 7.11 Å². The standard InChI is InChI=1S/C16H18N2O2/c1-19-11-6-7-13(17)15(10-11)18-14-8-9-20-16-5-3-2-4-12(14)16/h2-7,10,14,18H,8-9,17H2,1H3. The van der Waals surface area contributed by atoms with Gasteiger partial charge < -0.3 is 20.5 Å². The molecule has 2 aromatic carbocycles. The molecule has 0 aliphatic carbocycles. The molecule has 1 aliphatic heterocycles. The van der Waals surface area contributed by atoms with E-state index in [1.165, 1.54) is 5.56 Å². The van der Waals surface area contributed by atoms with Gasteiger partial charge in [0.05, 0.1) is 31.1 Å². The Morgan fingerprint density at radius 3 is 2.95 bits per heavy atom. The number of hydrogen-bond acceptors (Lipinski definition) is 4. The summed E-state index contributed by atoms with van der Waals surface area (Å²) < 4.78 is 10.9.